The van der Waals surface area contributed by atoms with Crippen LogP contribution in [-0.4, -0.2) is 19.0 Å². The third kappa shape index (κ3) is 4.13. The molecule has 124 valence electrons. The summed E-state index contributed by atoms with van der Waals surface area (Å²) in [5.41, 5.74) is 7.39. The second-order valence-electron chi connectivity index (χ2n) is 4.97. The first kappa shape index (κ1) is 17.1. The van der Waals surface area contributed by atoms with Crippen LogP contribution in [0.5, 0.6) is 5.75 Å². The number of urea groups is 1. The monoisotopic (exact) mass is 325 g/mol. The molecule has 0 aliphatic carbocycles. The highest BCUT2D eigenvalue weighted by Gasteiger charge is 2.19. The van der Waals surface area contributed by atoms with Crippen molar-refractivity contribution in [3.63, 3.8) is 0 Å². The van der Waals surface area contributed by atoms with Crippen molar-refractivity contribution in [1.82, 2.24) is 5.32 Å². The molecule has 6 heteroatoms. The van der Waals surface area contributed by atoms with Crippen LogP contribution in [0.1, 0.15) is 12.5 Å². The van der Waals surface area contributed by atoms with E-state index in [0.29, 0.717) is 17.1 Å². The summed E-state index contributed by atoms with van der Waals surface area (Å²) in [7, 11) is 1.57. The fourth-order valence-corrected chi connectivity index (χ4v) is 2.18. The summed E-state index contributed by atoms with van der Waals surface area (Å²) in [6, 6.07) is 13.4. The van der Waals surface area contributed by atoms with E-state index in [4.69, 9.17) is 10.5 Å². The molecule has 0 aliphatic heterocycles. The van der Waals surface area contributed by atoms with Crippen LogP contribution in [0.4, 0.5) is 16.2 Å². The number of hydrogen-bond donors (Lipinski definition) is 2. The van der Waals surface area contributed by atoms with Gasteiger partial charge in [0.15, 0.2) is 0 Å². The number of nitrogens with one attached hydrogen (secondary N) is 1. The second kappa shape index (κ2) is 7.82. The van der Waals surface area contributed by atoms with Gasteiger partial charge in [0.1, 0.15) is 5.75 Å². The molecule has 2 aromatic carbocycles. The summed E-state index contributed by atoms with van der Waals surface area (Å²) in [5.74, 6) is 0.269. The van der Waals surface area contributed by atoms with Crippen LogP contribution in [-0.2, 0) is 4.79 Å². The third-order valence-electron chi connectivity index (χ3n) is 3.26. The molecule has 0 fully saturated rings. The van der Waals surface area contributed by atoms with Crippen molar-refractivity contribution in [2.45, 2.75) is 6.92 Å². The number of carbonyl (C=O) groups is 2. The number of amides is 3. The average Bonchev–Trinajstić information content (AvgIpc) is 2.55. The number of benzene rings is 2. The fourth-order valence-electron chi connectivity index (χ4n) is 2.18. The summed E-state index contributed by atoms with van der Waals surface area (Å²) in [5, 5.41) is 2.57. The quantitative estimate of drug-likeness (QED) is 0.846. The van der Waals surface area contributed by atoms with Gasteiger partial charge >= 0.3 is 6.03 Å². The van der Waals surface area contributed by atoms with Crippen molar-refractivity contribution in [2.75, 3.05) is 17.7 Å². The van der Waals surface area contributed by atoms with Gasteiger partial charge in [-0.15, -0.1) is 0 Å². The van der Waals surface area contributed by atoms with Gasteiger partial charge in [-0.3, -0.25) is 4.79 Å². The number of hydrogen-bond acceptors (Lipinski definition) is 4. The molecule has 0 aromatic heterocycles. The van der Waals surface area contributed by atoms with Gasteiger partial charge in [0.25, 0.3) is 0 Å². The summed E-state index contributed by atoms with van der Waals surface area (Å²) in [6.07, 6.45) is 3.15. The smallest absolute Gasteiger partial charge is 0.332 e. The lowest BCUT2D eigenvalue weighted by Crippen LogP contribution is -2.41. The molecule has 24 heavy (non-hydrogen) atoms. The summed E-state index contributed by atoms with van der Waals surface area (Å²) < 4.78 is 5.23. The molecule has 0 saturated carbocycles. The zero-order chi connectivity index (χ0) is 17.5. The molecule has 0 saturated heterocycles. The molecule has 6 nitrogen and oxygen atoms in total. The van der Waals surface area contributed by atoms with E-state index in [1.807, 2.05) is 24.3 Å². The largest absolute Gasteiger partial charge is 0.496 e. The van der Waals surface area contributed by atoms with Gasteiger partial charge in [-0.2, -0.15) is 0 Å². The van der Waals surface area contributed by atoms with Gasteiger partial charge in [0.2, 0.25) is 5.91 Å². The van der Waals surface area contributed by atoms with E-state index in [1.165, 1.54) is 13.1 Å². The fraction of sp³-hybridized carbons (Fsp3) is 0.111. The lowest BCUT2D eigenvalue weighted by molar-refractivity contribution is -0.115. The van der Waals surface area contributed by atoms with Crippen molar-refractivity contribution in [3.05, 3.63) is 60.3 Å². The van der Waals surface area contributed by atoms with Gasteiger partial charge in [0, 0.05) is 24.4 Å². The molecule has 0 unspecified atom stereocenters. The Morgan fingerprint density at radius 2 is 1.92 bits per heavy atom. The Labute approximate surface area is 140 Å². The van der Waals surface area contributed by atoms with E-state index in [9.17, 15) is 9.59 Å². The van der Waals surface area contributed by atoms with Crippen LogP contribution < -0.4 is 20.7 Å². The predicted octanol–water partition coefficient (Wildman–Crippen LogP) is 3.01. The minimum absolute atomic E-state index is 0.408. The van der Waals surface area contributed by atoms with Crippen LogP contribution in [0.2, 0.25) is 0 Å². The zero-order valence-corrected chi connectivity index (χ0v) is 13.5. The minimum Gasteiger partial charge on any atom is -0.496 e. The van der Waals surface area contributed by atoms with Gasteiger partial charge in [-0.1, -0.05) is 24.3 Å². The molecule has 0 atom stereocenters. The van der Waals surface area contributed by atoms with E-state index in [-0.39, 0.29) is 0 Å². The predicted molar refractivity (Wildman–Crippen MR) is 94.6 cm³/mol. The first-order chi connectivity index (χ1) is 11.5. The Hall–Kier alpha value is -3.28. The topological polar surface area (TPSA) is 84.7 Å². The SMILES string of the molecule is COc1ccccc1/C=C/NC(=O)N(C(C)=O)c1cccc(N)c1. The number of carbonyl (C=O) groups excluding carboxylic acids is 2. The number of methoxy groups -OCH3 is 1. The number of rotatable bonds is 4. The first-order valence-electron chi connectivity index (χ1n) is 7.29. The van der Waals surface area contributed by atoms with Crippen molar-refractivity contribution in [2.24, 2.45) is 0 Å². The maximum Gasteiger partial charge on any atom is 0.332 e. The molecule has 0 radical (unpaired) electrons. The van der Waals surface area contributed by atoms with E-state index >= 15 is 0 Å². The van der Waals surface area contributed by atoms with Crippen molar-refractivity contribution >= 4 is 29.4 Å². The van der Waals surface area contributed by atoms with Crippen LogP contribution >= 0.6 is 0 Å². The average molecular weight is 325 g/mol. The van der Waals surface area contributed by atoms with E-state index < -0.39 is 11.9 Å². The number of imide groups is 1. The molecule has 0 bridgehead atoms. The lowest BCUT2D eigenvalue weighted by atomic mass is 10.2. The highest BCUT2D eigenvalue weighted by molar-refractivity contribution is 6.13. The number of anilines is 2. The zero-order valence-electron chi connectivity index (χ0n) is 13.5. The third-order valence-corrected chi connectivity index (χ3v) is 3.26. The maximum absolute atomic E-state index is 12.3. The Balaban J connectivity index is 2.14. The van der Waals surface area contributed by atoms with Crippen LogP contribution in [0.15, 0.2) is 54.7 Å². The highest BCUT2D eigenvalue weighted by Crippen LogP contribution is 2.19. The molecule has 0 spiro atoms. The van der Waals surface area contributed by atoms with Crippen molar-refractivity contribution in [3.8, 4) is 5.75 Å². The van der Waals surface area contributed by atoms with E-state index in [1.54, 1.807) is 37.5 Å². The molecular formula is C18H19N3O3. The Morgan fingerprint density at radius 3 is 2.58 bits per heavy atom. The summed E-state index contributed by atoms with van der Waals surface area (Å²) >= 11 is 0. The molecular weight excluding hydrogens is 306 g/mol. The molecule has 2 aromatic rings. The van der Waals surface area contributed by atoms with Crippen LogP contribution in [0.3, 0.4) is 0 Å². The van der Waals surface area contributed by atoms with Gasteiger partial charge in [-0.25, -0.2) is 9.69 Å². The normalized spacial score (nSPS) is 10.4. The van der Waals surface area contributed by atoms with Gasteiger partial charge in [-0.05, 0) is 30.3 Å². The molecule has 2 rings (SSSR count). The van der Waals surface area contributed by atoms with Gasteiger partial charge < -0.3 is 15.8 Å². The summed E-state index contributed by atoms with van der Waals surface area (Å²) in [6.45, 7) is 1.31. The number of para-hydroxylation sites is 1. The molecule has 0 heterocycles. The maximum atomic E-state index is 12.3. The van der Waals surface area contributed by atoms with Crippen molar-refractivity contribution < 1.29 is 14.3 Å². The van der Waals surface area contributed by atoms with E-state index in [2.05, 4.69) is 5.32 Å². The standard InChI is InChI=1S/C18H19N3O3/c1-13(22)21(16-8-5-7-15(19)12-16)18(23)20-11-10-14-6-3-4-9-17(14)24-2/h3-12H,19H2,1-2H3,(H,20,23)/b11-10+. The second-order valence-corrected chi connectivity index (χ2v) is 4.97. The number of ether oxygens (including phenoxy) is 1. The Bertz CT molecular complexity index is 772. The van der Waals surface area contributed by atoms with Crippen molar-refractivity contribution in [1.29, 1.82) is 0 Å². The summed E-state index contributed by atoms with van der Waals surface area (Å²) in [4.78, 5) is 25.1. The molecule has 3 amide bonds. The lowest BCUT2D eigenvalue weighted by Gasteiger charge is -2.19. The Kier molecular flexibility index (Phi) is 5.57. The molecule has 3 N–H and O–H groups in total. The van der Waals surface area contributed by atoms with E-state index in [0.717, 1.165) is 10.5 Å². The van der Waals surface area contributed by atoms with Crippen LogP contribution in [0, 0.1) is 0 Å². The highest BCUT2D eigenvalue weighted by atomic mass is 16.5. The minimum atomic E-state index is -0.570. The van der Waals surface area contributed by atoms with Crippen LogP contribution in [0.25, 0.3) is 6.08 Å². The molecule has 0 aliphatic rings. The Morgan fingerprint density at radius 1 is 1.17 bits per heavy atom. The number of nitrogens with zero attached hydrogens (tertiary/aromatic N) is 1. The van der Waals surface area contributed by atoms with Gasteiger partial charge in [0.05, 0.1) is 12.8 Å². The first-order valence-corrected chi connectivity index (χ1v) is 7.29. The number of nitrogen functional groups attached to an aromatic ring is 1. The number of nitrogens with two attached hydrogens (primary N) is 1.